The molecule has 2 heterocycles. The van der Waals surface area contributed by atoms with Crippen LogP contribution in [0.5, 0.6) is 0 Å². The van der Waals surface area contributed by atoms with E-state index in [9.17, 15) is 4.79 Å². The summed E-state index contributed by atoms with van der Waals surface area (Å²) in [7, 11) is 1.38. The maximum Gasteiger partial charge on any atom is 0.339 e. The van der Waals surface area contributed by atoms with Gasteiger partial charge in [0.05, 0.1) is 18.4 Å². The van der Waals surface area contributed by atoms with E-state index >= 15 is 0 Å². The molecule has 4 nitrogen and oxygen atoms in total. The number of fused-ring (bicyclic) bond motifs is 1. The van der Waals surface area contributed by atoms with E-state index in [4.69, 9.17) is 16.3 Å². The number of allylic oxidation sites excluding steroid dienone is 4. The Balaban J connectivity index is 2.79. The minimum atomic E-state index is -0.375. The first-order chi connectivity index (χ1) is 10.9. The lowest BCUT2D eigenvalue weighted by molar-refractivity contribution is 0.0600. The Kier molecular flexibility index (Phi) is 5.26. The van der Waals surface area contributed by atoms with Gasteiger partial charge in [0.2, 0.25) is 0 Å². The first kappa shape index (κ1) is 17.3. The molecule has 0 N–H and O–H groups in total. The number of aromatic nitrogens is 2. The summed E-state index contributed by atoms with van der Waals surface area (Å²) in [6, 6.07) is 1.80. The second-order valence-corrected chi connectivity index (χ2v) is 5.78. The van der Waals surface area contributed by atoms with Crippen molar-refractivity contribution in [3.05, 3.63) is 52.0 Å². The molecule has 2 rings (SSSR count). The van der Waals surface area contributed by atoms with Crippen LogP contribution in [-0.4, -0.2) is 22.5 Å². The number of imidazole rings is 1. The molecular formula is C18H21ClN2O2. The van der Waals surface area contributed by atoms with E-state index in [0.717, 1.165) is 39.6 Å². The van der Waals surface area contributed by atoms with Crippen LogP contribution < -0.4 is 0 Å². The number of methoxy groups -OCH3 is 1. The SMILES string of the molecule is CC=C(C=C(Cl)CC)c1cc(C(=O)OC)cn2c(C)c(C)nc12. The minimum absolute atomic E-state index is 0.375. The second-order valence-electron chi connectivity index (χ2n) is 5.30. The molecule has 0 bridgehead atoms. The number of pyridine rings is 1. The predicted octanol–water partition coefficient (Wildman–Crippen LogP) is 4.67. The van der Waals surface area contributed by atoms with Crippen molar-refractivity contribution in [3.63, 3.8) is 0 Å². The Hall–Kier alpha value is -2.07. The van der Waals surface area contributed by atoms with Crippen LogP contribution in [0, 0.1) is 13.8 Å². The molecule has 2 aromatic heterocycles. The third kappa shape index (κ3) is 3.32. The molecule has 0 unspecified atom stereocenters. The smallest absolute Gasteiger partial charge is 0.339 e. The van der Waals surface area contributed by atoms with Gasteiger partial charge in [-0.2, -0.15) is 0 Å². The maximum absolute atomic E-state index is 12.0. The first-order valence-corrected chi connectivity index (χ1v) is 7.91. The van der Waals surface area contributed by atoms with Crippen LogP contribution in [0.25, 0.3) is 11.2 Å². The highest BCUT2D eigenvalue weighted by Gasteiger charge is 2.16. The monoisotopic (exact) mass is 332 g/mol. The van der Waals surface area contributed by atoms with Gasteiger partial charge >= 0.3 is 5.97 Å². The number of carbonyl (C=O) groups excluding carboxylic acids is 1. The highest BCUT2D eigenvalue weighted by Crippen LogP contribution is 2.27. The van der Waals surface area contributed by atoms with Gasteiger partial charge in [-0.15, -0.1) is 0 Å². The predicted molar refractivity (Wildman–Crippen MR) is 93.9 cm³/mol. The Bertz CT molecular complexity index is 816. The summed E-state index contributed by atoms with van der Waals surface area (Å²) in [5, 5.41) is 0.750. The van der Waals surface area contributed by atoms with E-state index < -0.39 is 0 Å². The number of aryl methyl sites for hydroxylation is 2. The summed E-state index contributed by atoms with van der Waals surface area (Å²) < 4.78 is 6.79. The van der Waals surface area contributed by atoms with Crippen LogP contribution in [-0.2, 0) is 4.74 Å². The van der Waals surface area contributed by atoms with E-state index in [0.29, 0.717) is 5.56 Å². The molecule has 0 saturated heterocycles. The van der Waals surface area contributed by atoms with Crippen molar-refractivity contribution in [3.8, 4) is 0 Å². The lowest BCUT2D eigenvalue weighted by Gasteiger charge is -2.09. The van der Waals surface area contributed by atoms with Crippen molar-refractivity contribution >= 4 is 28.8 Å². The molecule has 0 aliphatic rings. The molecule has 0 radical (unpaired) electrons. The summed E-state index contributed by atoms with van der Waals surface area (Å²) in [5.74, 6) is -0.375. The topological polar surface area (TPSA) is 43.6 Å². The van der Waals surface area contributed by atoms with Crippen LogP contribution in [0.2, 0.25) is 0 Å². The van der Waals surface area contributed by atoms with Crippen LogP contribution in [0.3, 0.4) is 0 Å². The van der Waals surface area contributed by atoms with Gasteiger partial charge in [0, 0.05) is 22.5 Å². The number of carbonyl (C=O) groups is 1. The molecule has 122 valence electrons. The van der Waals surface area contributed by atoms with Crippen molar-refractivity contribution in [2.45, 2.75) is 34.1 Å². The molecule has 0 aliphatic heterocycles. The van der Waals surface area contributed by atoms with E-state index in [1.807, 2.05) is 44.2 Å². The van der Waals surface area contributed by atoms with Crippen LogP contribution in [0.15, 0.2) is 29.4 Å². The van der Waals surface area contributed by atoms with Gasteiger partial charge in [-0.3, -0.25) is 0 Å². The summed E-state index contributed by atoms with van der Waals surface area (Å²) in [5.41, 5.74) is 4.99. The number of rotatable bonds is 4. The molecule has 0 atom stereocenters. The number of nitrogens with zero attached hydrogens (tertiary/aromatic N) is 2. The third-order valence-electron chi connectivity index (χ3n) is 3.89. The molecular weight excluding hydrogens is 312 g/mol. The third-order valence-corrected chi connectivity index (χ3v) is 4.27. The van der Waals surface area contributed by atoms with Crippen molar-refractivity contribution < 1.29 is 9.53 Å². The van der Waals surface area contributed by atoms with Crippen LogP contribution in [0.4, 0.5) is 0 Å². The summed E-state index contributed by atoms with van der Waals surface area (Å²) in [6.07, 6.45) is 6.39. The number of hydrogen-bond donors (Lipinski definition) is 0. The van der Waals surface area contributed by atoms with Crippen molar-refractivity contribution in [2.24, 2.45) is 0 Å². The number of halogens is 1. The summed E-state index contributed by atoms with van der Waals surface area (Å²) >= 11 is 6.21. The Morgan fingerprint density at radius 2 is 2.13 bits per heavy atom. The molecule has 0 amide bonds. The quantitative estimate of drug-likeness (QED) is 0.603. The highest BCUT2D eigenvalue weighted by molar-refractivity contribution is 6.30. The number of hydrogen-bond acceptors (Lipinski definition) is 3. The van der Waals surface area contributed by atoms with E-state index in [1.54, 1.807) is 12.3 Å². The standard InChI is InChI=1S/C18H21ClN2O2/c1-6-13(8-15(19)7-2)16-9-14(18(22)23-5)10-21-12(4)11(3)20-17(16)21/h6,8-10H,7H2,1-5H3. The van der Waals surface area contributed by atoms with E-state index in [2.05, 4.69) is 4.98 Å². The fourth-order valence-corrected chi connectivity index (χ4v) is 2.52. The van der Waals surface area contributed by atoms with Crippen LogP contribution >= 0.6 is 11.6 Å². The van der Waals surface area contributed by atoms with Gasteiger partial charge in [0.1, 0.15) is 5.65 Å². The molecule has 23 heavy (non-hydrogen) atoms. The fraction of sp³-hybridized carbons (Fsp3) is 0.333. The van der Waals surface area contributed by atoms with Gasteiger partial charge in [-0.1, -0.05) is 24.6 Å². The zero-order valence-corrected chi connectivity index (χ0v) is 14.9. The zero-order chi connectivity index (χ0) is 17.1. The lowest BCUT2D eigenvalue weighted by atomic mass is 10.0. The maximum atomic E-state index is 12.0. The second kappa shape index (κ2) is 7.01. The molecule has 0 spiro atoms. The average Bonchev–Trinajstić information content (AvgIpc) is 2.85. The number of ether oxygens (including phenoxy) is 1. The van der Waals surface area contributed by atoms with E-state index in [-0.39, 0.29) is 5.97 Å². The molecule has 0 aromatic carbocycles. The summed E-state index contributed by atoms with van der Waals surface area (Å²) in [4.78, 5) is 16.6. The number of esters is 1. The van der Waals surface area contributed by atoms with Crippen LogP contribution in [0.1, 0.15) is 47.6 Å². The Labute approximate surface area is 141 Å². The Morgan fingerprint density at radius 1 is 1.43 bits per heavy atom. The van der Waals surface area contributed by atoms with Gasteiger partial charge < -0.3 is 9.14 Å². The molecule has 0 saturated carbocycles. The van der Waals surface area contributed by atoms with Crippen molar-refractivity contribution in [2.75, 3.05) is 7.11 Å². The average molecular weight is 333 g/mol. The molecule has 0 aliphatic carbocycles. The summed E-state index contributed by atoms with van der Waals surface area (Å²) in [6.45, 7) is 7.87. The molecule has 0 fully saturated rings. The zero-order valence-electron chi connectivity index (χ0n) is 14.1. The van der Waals surface area contributed by atoms with Crippen molar-refractivity contribution in [1.82, 2.24) is 9.38 Å². The first-order valence-electron chi connectivity index (χ1n) is 7.53. The Morgan fingerprint density at radius 3 is 2.70 bits per heavy atom. The molecule has 2 aromatic rings. The van der Waals surface area contributed by atoms with Gasteiger partial charge in [0.15, 0.2) is 0 Å². The normalized spacial score (nSPS) is 12.8. The van der Waals surface area contributed by atoms with Gasteiger partial charge in [-0.05, 0) is 44.9 Å². The molecule has 5 heteroatoms. The largest absolute Gasteiger partial charge is 0.465 e. The fourth-order valence-electron chi connectivity index (χ4n) is 2.40. The minimum Gasteiger partial charge on any atom is -0.465 e. The van der Waals surface area contributed by atoms with E-state index in [1.165, 1.54) is 7.11 Å². The lowest BCUT2D eigenvalue weighted by Crippen LogP contribution is -2.05. The highest BCUT2D eigenvalue weighted by atomic mass is 35.5. The van der Waals surface area contributed by atoms with Crippen molar-refractivity contribution in [1.29, 1.82) is 0 Å². The van der Waals surface area contributed by atoms with Gasteiger partial charge in [-0.25, -0.2) is 9.78 Å². The van der Waals surface area contributed by atoms with Gasteiger partial charge in [0.25, 0.3) is 0 Å².